The van der Waals surface area contributed by atoms with Gasteiger partial charge in [-0.25, -0.2) is 0 Å². The van der Waals surface area contributed by atoms with Crippen LogP contribution in [0.4, 0.5) is 0 Å². The van der Waals surface area contributed by atoms with Crippen molar-refractivity contribution in [2.75, 3.05) is 0 Å². The van der Waals surface area contributed by atoms with Crippen LogP contribution in [0.3, 0.4) is 0 Å². The van der Waals surface area contributed by atoms with Crippen LogP contribution in [0.15, 0.2) is 44.7 Å². The van der Waals surface area contributed by atoms with Gasteiger partial charge in [0.1, 0.15) is 5.76 Å². The highest BCUT2D eigenvalue weighted by Gasteiger charge is 2.08. The Hall–Kier alpha value is -0.900. The van der Waals surface area contributed by atoms with Crippen LogP contribution in [0.25, 0.3) is 0 Å². The Morgan fingerprint density at radius 3 is 2.67 bits per heavy atom. The van der Waals surface area contributed by atoms with Crippen LogP contribution in [0, 0.1) is 6.92 Å². The summed E-state index contributed by atoms with van der Waals surface area (Å²) in [5.41, 5.74) is 6.95. The molecule has 0 aliphatic carbocycles. The third-order valence-corrected chi connectivity index (χ3v) is 4.23. The highest BCUT2D eigenvalue weighted by atomic mass is 35.5. The molecular formula is C14H16ClNOS. The third-order valence-electron chi connectivity index (χ3n) is 2.59. The summed E-state index contributed by atoms with van der Waals surface area (Å²) in [5.74, 6) is 0.913. The van der Waals surface area contributed by atoms with E-state index in [9.17, 15) is 0 Å². The quantitative estimate of drug-likeness (QED) is 0.909. The van der Waals surface area contributed by atoms with Crippen LogP contribution in [0.5, 0.6) is 0 Å². The van der Waals surface area contributed by atoms with Crippen molar-refractivity contribution >= 4 is 23.4 Å². The first-order valence-corrected chi connectivity index (χ1v) is 7.01. The van der Waals surface area contributed by atoms with E-state index in [0.717, 1.165) is 27.0 Å². The third kappa shape index (κ3) is 3.31. The number of nitrogens with two attached hydrogens (primary N) is 1. The summed E-state index contributed by atoms with van der Waals surface area (Å²) in [6.45, 7) is 3.94. The molecule has 0 radical (unpaired) electrons. The van der Waals surface area contributed by atoms with Gasteiger partial charge >= 0.3 is 0 Å². The maximum atomic E-state index is 6.29. The lowest BCUT2D eigenvalue weighted by Gasteiger charge is -2.08. The normalized spacial score (nSPS) is 12.7. The molecule has 18 heavy (non-hydrogen) atoms. The molecule has 0 spiro atoms. The number of benzene rings is 1. The molecule has 1 heterocycles. The smallest absolute Gasteiger partial charge is 0.114 e. The van der Waals surface area contributed by atoms with Gasteiger partial charge in [-0.3, -0.25) is 0 Å². The summed E-state index contributed by atoms with van der Waals surface area (Å²) in [6, 6.07) is 8.20. The number of rotatable bonds is 4. The first-order chi connectivity index (χ1) is 8.56. The van der Waals surface area contributed by atoms with Gasteiger partial charge in [0, 0.05) is 10.9 Å². The van der Waals surface area contributed by atoms with Gasteiger partial charge in [0.2, 0.25) is 0 Å². The lowest BCUT2D eigenvalue weighted by Crippen LogP contribution is -2.17. The molecule has 1 aromatic heterocycles. The molecule has 2 N–H and O–H groups in total. The van der Waals surface area contributed by atoms with E-state index < -0.39 is 0 Å². The zero-order valence-corrected chi connectivity index (χ0v) is 12.0. The molecule has 4 heteroatoms. The fraction of sp³-hybridized carbons (Fsp3) is 0.286. The molecule has 0 saturated heterocycles. The van der Waals surface area contributed by atoms with Crippen molar-refractivity contribution in [2.45, 2.75) is 36.1 Å². The minimum Gasteiger partial charge on any atom is -0.468 e. The minimum absolute atomic E-state index is 0.149. The Labute approximate surface area is 117 Å². The van der Waals surface area contributed by atoms with Crippen molar-refractivity contribution in [3.05, 3.63) is 46.9 Å². The van der Waals surface area contributed by atoms with Crippen LogP contribution in [-0.4, -0.2) is 6.04 Å². The molecule has 0 amide bonds. The fourth-order valence-electron chi connectivity index (χ4n) is 1.72. The lowest BCUT2D eigenvalue weighted by atomic mass is 10.1. The van der Waals surface area contributed by atoms with Crippen molar-refractivity contribution in [2.24, 2.45) is 5.73 Å². The van der Waals surface area contributed by atoms with E-state index in [4.69, 9.17) is 21.8 Å². The summed E-state index contributed by atoms with van der Waals surface area (Å²) in [6.07, 6.45) is 2.53. The second kappa shape index (κ2) is 5.83. The molecule has 1 atom stereocenters. The Balaban J connectivity index is 2.17. The SMILES string of the molecule is Cc1occc1Sc1ccc(CC(C)N)cc1Cl. The number of aryl methyl sites for hydroxylation is 1. The second-order valence-electron chi connectivity index (χ2n) is 4.39. The minimum atomic E-state index is 0.149. The molecule has 0 aliphatic heterocycles. The number of hydrogen-bond donors (Lipinski definition) is 1. The Kier molecular flexibility index (Phi) is 4.38. The predicted molar refractivity (Wildman–Crippen MR) is 76.4 cm³/mol. The Morgan fingerprint density at radius 1 is 1.33 bits per heavy atom. The van der Waals surface area contributed by atoms with Crippen LogP contribution < -0.4 is 5.73 Å². The Morgan fingerprint density at radius 2 is 2.11 bits per heavy atom. The molecule has 2 rings (SSSR count). The number of furan rings is 1. The molecule has 0 aliphatic rings. The molecule has 96 valence electrons. The average Bonchev–Trinajstić information content (AvgIpc) is 2.67. The maximum absolute atomic E-state index is 6.29. The van der Waals surface area contributed by atoms with Crippen LogP contribution >= 0.6 is 23.4 Å². The largest absolute Gasteiger partial charge is 0.468 e. The van der Waals surface area contributed by atoms with Crippen LogP contribution in [0.1, 0.15) is 18.2 Å². The van der Waals surface area contributed by atoms with Crippen LogP contribution in [0.2, 0.25) is 5.02 Å². The highest BCUT2D eigenvalue weighted by Crippen LogP contribution is 2.35. The second-order valence-corrected chi connectivity index (χ2v) is 5.88. The van der Waals surface area contributed by atoms with Gasteiger partial charge < -0.3 is 10.2 Å². The highest BCUT2D eigenvalue weighted by molar-refractivity contribution is 7.99. The predicted octanol–water partition coefficient (Wildman–Crippen LogP) is 4.28. The molecule has 2 nitrogen and oxygen atoms in total. The Bertz CT molecular complexity index is 536. The van der Waals surface area contributed by atoms with Gasteiger partial charge in [-0.05, 0) is 44.0 Å². The summed E-state index contributed by atoms with van der Waals surface area (Å²) in [5, 5.41) is 0.763. The zero-order valence-electron chi connectivity index (χ0n) is 10.4. The van der Waals surface area contributed by atoms with E-state index in [1.807, 2.05) is 32.0 Å². The van der Waals surface area contributed by atoms with Gasteiger partial charge in [0.25, 0.3) is 0 Å². The van der Waals surface area contributed by atoms with E-state index in [2.05, 4.69) is 6.07 Å². The van der Waals surface area contributed by atoms with Crippen molar-refractivity contribution in [3.63, 3.8) is 0 Å². The first-order valence-electron chi connectivity index (χ1n) is 5.82. The van der Waals surface area contributed by atoms with Gasteiger partial charge in [0.15, 0.2) is 0 Å². The van der Waals surface area contributed by atoms with Crippen molar-refractivity contribution < 1.29 is 4.42 Å². The topological polar surface area (TPSA) is 39.2 Å². The molecule has 1 aromatic carbocycles. The number of halogens is 1. The summed E-state index contributed by atoms with van der Waals surface area (Å²) in [7, 11) is 0. The van der Waals surface area contributed by atoms with Crippen molar-refractivity contribution in [1.82, 2.24) is 0 Å². The molecule has 1 unspecified atom stereocenters. The van der Waals surface area contributed by atoms with E-state index in [0.29, 0.717) is 0 Å². The molecule has 0 saturated carbocycles. The first kappa shape index (κ1) is 13.5. The van der Waals surface area contributed by atoms with Crippen molar-refractivity contribution in [3.8, 4) is 0 Å². The van der Waals surface area contributed by atoms with E-state index >= 15 is 0 Å². The summed E-state index contributed by atoms with van der Waals surface area (Å²) < 4.78 is 5.27. The monoisotopic (exact) mass is 281 g/mol. The summed E-state index contributed by atoms with van der Waals surface area (Å²) in [4.78, 5) is 2.13. The molecule has 0 bridgehead atoms. The fourth-order valence-corrected chi connectivity index (χ4v) is 2.89. The van der Waals surface area contributed by atoms with E-state index in [-0.39, 0.29) is 6.04 Å². The standard InChI is InChI=1S/C14H16ClNOS/c1-9(16)7-11-3-4-14(12(15)8-11)18-13-5-6-17-10(13)2/h3-6,8-9H,7,16H2,1-2H3. The lowest BCUT2D eigenvalue weighted by molar-refractivity contribution is 0.527. The molecular weight excluding hydrogens is 266 g/mol. The molecule has 0 fully saturated rings. The van der Waals surface area contributed by atoms with Crippen LogP contribution in [-0.2, 0) is 6.42 Å². The van der Waals surface area contributed by atoms with Crippen molar-refractivity contribution in [1.29, 1.82) is 0 Å². The van der Waals surface area contributed by atoms with Gasteiger partial charge in [-0.15, -0.1) is 0 Å². The van der Waals surface area contributed by atoms with E-state index in [1.165, 1.54) is 5.56 Å². The van der Waals surface area contributed by atoms with Gasteiger partial charge in [-0.1, -0.05) is 29.4 Å². The van der Waals surface area contributed by atoms with Gasteiger partial charge in [0.05, 0.1) is 16.2 Å². The maximum Gasteiger partial charge on any atom is 0.114 e. The van der Waals surface area contributed by atoms with Gasteiger partial charge in [-0.2, -0.15) is 0 Å². The molecule has 2 aromatic rings. The number of hydrogen-bond acceptors (Lipinski definition) is 3. The summed E-state index contributed by atoms with van der Waals surface area (Å²) >= 11 is 7.91. The average molecular weight is 282 g/mol. The van der Waals surface area contributed by atoms with E-state index in [1.54, 1.807) is 18.0 Å². The zero-order chi connectivity index (χ0) is 13.1.